The minimum Gasteiger partial charge on any atom is -0.504 e. The summed E-state index contributed by atoms with van der Waals surface area (Å²) in [5.74, 6) is -2.50. The molecule has 2 rings (SSSR count). The van der Waals surface area contributed by atoms with Gasteiger partial charge in [-0.3, -0.25) is 0 Å². The molecular weight excluding hydrogens is 380 g/mol. The van der Waals surface area contributed by atoms with Crippen molar-refractivity contribution in [2.24, 2.45) is 0 Å². The summed E-state index contributed by atoms with van der Waals surface area (Å²) in [4.78, 5) is 0.0724. The van der Waals surface area contributed by atoms with Crippen LogP contribution in [0.5, 0.6) is 28.7 Å². The highest BCUT2D eigenvalue weighted by molar-refractivity contribution is 7.80. The van der Waals surface area contributed by atoms with Crippen molar-refractivity contribution in [1.29, 1.82) is 5.26 Å². The second kappa shape index (κ2) is 7.82. The Hall–Kier alpha value is -3.15. The van der Waals surface area contributed by atoms with Gasteiger partial charge >= 0.3 is 0 Å². The van der Waals surface area contributed by atoms with E-state index in [1.807, 2.05) is 6.07 Å². The van der Waals surface area contributed by atoms with Crippen LogP contribution in [0.2, 0.25) is 5.02 Å². The van der Waals surface area contributed by atoms with Crippen LogP contribution in [0.1, 0.15) is 11.1 Å². The number of hydrogen-bond acceptors (Lipinski definition) is 7. The van der Waals surface area contributed by atoms with Crippen molar-refractivity contribution in [1.82, 2.24) is 5.32 Å². The molecule has 0 saturated carbocycles. The summed E-state index contributed by atoms with van der Waals surface area (Å²) in [7, 11) is 0. The zero-order valence-electron chi connectivity index (χ0n) is 13.1. The zero-order valence-corrected chi connectivity index (χ0v) is 14.6. The first-order valence-electron chi connectivity index (χ1n) is 7.08. The Kier molecular flexibility index (Phi) is 5.77. The van der Waals surface area contributed by atoms with Gasteiger partial charge < -0.3 is 30.8 Å². The maximum absolute atomic E-state index is 9.57. The lowest BCUT2D eigenvalue weighted by Crippen LogP contribution is -2.22. The van der Waals surface area contributed by atoms with E-state index < -0.39 is 28.7 Å². The van der Waals surface area contributed by atoms with Gasteiger partial charge in [-0.1, -0.05) is 23.8 Å². The van der Waals surface area contributed by atoms with E-state index in [1.165, 1.54) is 30.3 Å². The summed E-state index contributed by atoms with van der Waals surface area (Å²) >= 11 is 10.9. The van der Waals surface area contributed by atoms with Crippen LogP contribution in [0, 0.1) is 11.3 Å². The third kappa shape index (κ3) is 4.27. The lowest BCUT2D eigenvalue weighted by Gasteiger charge is -2.09. The topological polar surface area (TPSA) is 137 Å². The number of halogens is 1. The molecule has 0 bridgehead atoms. The number of nitrogens with one attached hydrogen (secondary N) is 1. The van der Waals surface area contributed by atoms with Crippen molar-refractivity contribution in [2.75, 3.05) is 0 Å². The van der Waals surface area contributed by atoms with E-state index in [4.69, 9.17) is 23.8 Å². The molecule has 2 aromatic carbocycles. The molecule has 7 nitrogen and oxygen atoms in total. The summed E-state index contributed by atoms with van der Waals surface area (Å²) in [6, 6.07) is 6.95. The molecule has 26 heavy (non-hydrogen) atoms. The fourth-order valence-electron chi connectivity index (χ4n) is 2.04. The number of nitriles is 1. The number of hydrogen-bond donors (Lipinski definition) is 6. The van der Waals surface area contributed by atoms with Gasteiger partial charge in [0.05, 0.1) is 10.6 Å². The molecule has 0 saturated heterocycles. The Morgan fingerprint density at radius 2 is 1.62 bits per heavy atom. The van der Waals surface area contributed by atoms with E-state index in [0.717, 1.165) is 0 Å². The molecule has 0 aliphatic rings. The smallest absolute Gasteiger partial charge is 0.200 e. The lowest BCUT2D eigenvalue weighted by atomic mass is 10.1. The highest BCUT2D eigenvalue weighted by atomic mass is 35.5. The maximum atomic E-state index is 9.57. The zero-order chi connectivity index (χ0) is 19.4. The van der Waals surface area contributed by atoms with Crippen LogP contribution in [0.4, 0.5) is 0 Å². The molecule has 0 spiro atoms. The third-order valence-corrected chi connectivity index (χ3v) is 3.98. The van der Waals surface area contributed by atoms with E-state index in [1.54, 1.807) is 0 Å². The van der Waals surface area contributed by atoms with E-state index in [2.05, 4.69) is 5.32 Å². The predicted octanol–water partition coefficient (Wildman–Crippen LogP) is 2.89. The summed E-state index contributed by atoms with van der Waals surface area (Å²) in [5.41, 5.74) is 0.835. The van der Waals surface area contributed by atoms with Crippen molar-refractivity contribution in [3.05, 3.63) is 46.0 Å². The number of aromatic hydroxyl groups is 5. The van der Waals surface area contributed by atoms with Gasteiger partial charge in [-0.2, -0.15) is 5.26 Å². The normalized spacial score (nSPS) is 11.0. The summed E-state index contributed by atoms with van der Waals surface area (Å²) < 4.78 is 0. The van der Waals surface area contributed by atoms with Gasteiger partial charge in [0, 0.05) is 6.54 Å². The Balaban J connectivity index is 2.18. The van der Waals surface area contributed by atoms with Crippen molar-refractivity contribution >= 4 is 34.9 Å². The quantitative estimate of drug-likeness (QED) is 0.202. The van der Waals surface area contributed by atoms with Crippen LogP contribution < -0.4 is 5.32 Å². The second-order valence-corrected chi connectivity index (χ2v) is 6.02. The Bertz CT molecular complexity index is 907. The molecule has 0 aliphatic carbocycles. The molecule has 2 aromatic rings. The highest BCUT2D eigenvalue weighted by Gasteiger charge is 2.11. The van der Waals surface area contributed by atoms with Gasteiger partial charge in [0.2, 0.25) is 0 Å². The lowest BCUT2D eigenvalue weighted by molar-refractivity contribution is 0.367. The maximum Gasteiger partial charge on any atom is 0.200 e. The van der Waals surface area contributed by atoms with Crippen LogP contribution in [0.25, 0.3) is 6.08 Å². The van der Waals surface area contributed by atoms with Crippen LogP contribution >= 0.6 is 23.8 Å². The van der Waals surface area contributed by atoms with Crippen molar-refractivity contribution in [3.63, 3.8) is 0 Å². The molecule has 0 atom stereocenters. The highest BCUT2D eigenvalue weighted by Crippen LogP contribution is 2.36. The van der Waals surface area contributed by atoms with Crippen LogP contribution in [0.15, 0.2) is 29.8 Å². The molecule has 0 fully saturated rings. The molecular formula is C17H13ClN2O5S. The summed E-state index contributed by atoms with van der Waals surface area (Å²) in [5, 5.41) is 59.2. The number of phenols is 5. The van der Waals surface area contributed by atoms with Gasteiger partial charge in [-0.15, -0.1) is 0 Å². The van der Waals surface area contributed by atoms with E-state index in [0.29, 0.717) is 11.1 Å². The first-order chi connectivity index (χ1) is 12.2. The summed E-state index contributed by atoms with van der Waals surface area (Å²) in [6.45, 7) is 0.0703. The van der Waals surface area contributed by atoms with Crippen LogP contribution in [0.3, 0.4) is 0 Å². The molecule has 0 radical (unpaired) electrons. The number of phenolic OH excluding ortho intramolecular Hbond substituents is 5. The molecule has 9 heteroatoms. The number of nitrogens with zero attached hydrogens (tertiary/aromatic N) is 1. The monoisotopic (exact) mass is 392 g/mol. The van der Waals surface area contributed by atoms with Gasteiger partial charge in [0.15, 0.2) is 28.7 Å². The predicted molar refractivity (Wildman–Crippen MR) is 99.2 cm³/mol. The first-order valence-corrected chi connectivity index (χ1v) is 7.86. The number of thiocarbonyl (C=S) groups is 1. The van der Waals surface area contributed by atoms with E-state index in [-0.39, 0.29) is 22.1 Å². The molecule has 0 heterocycles. The summed E-state index contributed by atoms with van der Waals surface area (Å²) in [6.07, 6.45) is 1.37. The minimum absolute atomic E-state index is 0.0633. The molecule has 0 amide bonds. The van der Waals surface area contributed by atoms with Crippen molar-refractivity contribution < 1.29 is 25.5 Å². The second-order valence-electron chi connectivity index (χ2n) is 5.21. The Morgan fingerprint density at radius 3 is 2.15 bits per heavy atom. The average molecular weight is 393 g/mol. The standard InChI is InChI=1S/C17H13ClN2O5S/c18-11-2-8(3-12(21)15(11)24)1-10(6-19)17(26)20-7-9-4-13(22)16(25)14(23)5-9/h1-5,21-25H,7H2,(H,20,26)/b10-1+. The van der Waals surface area contributed by atoms with Crippen LogP contribution in [-0.2, 0) is 6.54 Å². The fraction of sp³-hybridized carbons (Fsp3) is 0.0588. The molecule has 6 N–H and O–H groups in total. The van der Waals surface area contributed by atoms with Crippen LogP contribution in [-0.4, -0.2) is 30.5 Å². The SMILES string of the molecule is N#C/C(=C\c1cc(O)c(O)c(Cl)c1)C(=S)NCc1cc(O)c(O)c(O)c1. The van der Waals surface area contributed by atoms with Gasteiger partial charge in [0.1, 0.15) is 11.1 Å². The fourth-order valence-corrected chi connectivity index (χ4v) is 2.44. The van der Waals surface area contributed by atoms with Gasteiger partial charge in [0.25, 0.3) is 0 Å². The molecule has 0 unspecified atom stereocenters. The Morgan fingerprint density at radius 1 is 1.04 bits per heavy atom. The van der Waals surface area contributed by atoms with Crippen molar-refractivity contribution in [3.8, 4) is 34.8 Å². The molecule has 134 valence electrons. The van der Waals surface area contributed by atoms with Gasteiger partial charge in [-0.05, 0) is 41.5 Å². The average Bonchev–Trinajstić information content (AvgIpc) is 2.59. The van der Waals surface area contributed by atoms with Crippen molar-refractivity contribution in [2.45, 2.75) is 6.54 Å². The number of benzene rings is 2. The third-order valence-electron chi connectivity index (χ3n) is 3.32. The van der Waals surface area contributed by atoms with E-state index >= 15 is 0 Å². The largest absolute Gasteiger partial charge is 0.504 e. The minimum atomic E-state index is -0.627. The first kappa shape index (κ1) is 19.2. The number of rotatable bonds is 4. The molecule has 0 aromatic heterocycles. The van der Waals surface area contributed by atoms with E-state index in [9.17, 15) is 30.8 Å². The molecule has 0 aliphatic heterocycles. The Labute approximate surface area is 158 Å². The van der Waals surface area contributed by atoms with Gasteiger partial charge in [-0.25, -0.2) is 0 Å².